The summed E-state index contributed by atoms with van der Waals surface area (Å²) < 4.78 is 0. The van der Waals surface area contributed by atoms with Crippen LogP contribution in [0, 0.1) is 28.6 Å². The molecule has 3 nitrogen and oxygen atoms in total. The molecule has 0 spiro atoms. The van der Waals surface area contributed by atoms with Crippen molar-refractivity contribution in [2.24, 2.45) is 28.6 Å². The Morgan fingerprint density at radius 3 is 2.30 bits per heavy atom. The molecule has 3 atom stereocenters. The van der Waals surface area contributed by atoms with Crippen LogP contribution < -0.4 is 0 Å². The van der Waals surface area contributed by atoms with Crippen molar-refractivity contribution in [1.29, 1.82) is 0 Å². The molecule has 23 heavy (non-hydrogen) atoms. The maximum Gasteiger partial charge on any atom is 0.225 e. The highest BCUT2D eigenvalue weighted by Crippen LogP contribution is 2.59. The van der Waals surface area contributed by atoms with E-state index in [9.17, 15) is 14.4 Å². The van der Waals surface area contributed by atoms with Crippen molar-refractivity contribution in [3.8, 4) is 0 Å². The van der Waals surface area contributed by atoms with E-state index in [-0.39, 0.29) is 34.6 Å². The minimum atomic E-state index is -0.445. The summed E-state index contributed by atoms with van der Waals surface area (Å²) in [4.78, 5) is 38.3. The molecule has 0 aliphatic heterocycles. The van der Waals surface area contributed by atoms with Gasteiger partial charge in [0.1, 0.15) is 0 Å². The normalized spacial score (nSPS) is 36.3. The molecule has 3 rings (SSSR count). The lowest BCUT2D eigenvalue weighted by Gasteiger charge is -2.55. The second kappa shape index (κ2) is 4.99. The number of hydrogen-bond donors (Lipinski definition) is 0. The summed E-state index contributed by atoms with van der Waals surface area (Å²) in [5.41, 5.74) is 0.744. The van der Waals surface area contributed by atoms with Crippen LogP contribution in [0.1, 0.15) is 53.9 Å². The Labute approximate surface area is 138 Å². The highest BCUT2D eigenvalue weighted by atomic mass is 16.2. The Morgan fingerprint density at radius 1 is 1.04 bits per heavy atom. The van der Waals surface area contributed by atoms with Crippen molar-refractivity contribution in [3.63, 3.8) is 0 Å². The van der Waals surface area contributed by atoms with Crippen LogP contribution in [0.3, 0.4) is 0 Å². The van der Waals surface area contributed by atoms with Gasteiger partial charge >= 0.3 is 0 Å². The van der Waals surface area contributed by atoms with Gasteiger partial charge in [-0.1, -0.05) is 47.1 Å². The van der Waals surface area contributed by atoms with E-state index in [4.69, 9.17) is 0 Å². The Morgan fingerprint density at radius 2 is 1.70 bits per heavy atom. The molecule has 0 N–H and O–H groups in total. The van der Waals surface area contributed by atoms with Gasteiger partial charge in [0.15, 0.2) is 5.78 Å². The number of ketones is 3. The highest BCUT2D eigenvalue weighted by Gasteiger charge is 2.59. The average molecular weight is 314 g/mol. The first-order valence-electron chi connectivity index (χ1n) is 8.65. The Hall–Kier alpha value is -1.51. The molecule has 1 saturated carbocycles. The minimum absolute atomic E-state index is 0.00303. The number of rotatable bonds is 1. The first kappa shape index (κ1) is 16.4. The van der Waals surface area contributed by atoms with Gasteiger partial charge in [-0.3, -0.25) is 14.4 Å². The van der Waals surface area contributed by atoms with E-state index in [1.807, 2.05) is 26.8 Å². The summed E-state index contributed by atoms with van der Waals surface area (Å²) in [5.74, 6) is -1.15. The molecular weight excluding hydrogens is 288 g/mol. The van der Waals surface area contributed by atoms with Gasteiger partial charge in [-0.2, -0.15) is 0 Å². The first-order chi connectivity index (χ1) is 10.6. The van der Waals surface area contributed by atoms with Crippen molar-refractivity contribution in [1.82, 2.24) is 0 Å². The zero-order valence-electron chi connectivity index (χ0n) is 14.7. The third-order valence-corrected chi connectivity index (χ3v) is 6.26. The number of carbonyl (C=O) groups is 3. The van der Waals surface area contributed by atoms with Crippen LogP contribution in [-0.4, -0.2) is 17.3 Å². The number of carbonyl (C=O) groups excluding carboxylic acids is 3. The molecule has 3 aliphatic rings. The molecule has 0 heterocycles. The monoisotopic (exact) mass is 314 g/mol. The average Bonchev–Trinajstić information content (AvgIpc) is 2.40. The van der Waals surface area contributed by atoms with Crippen molar-refractivity contribution in [3.05, 3.63) is 23.3 Å². The molecule has 3 heteroatoms. The molecule has 0 aromatic rings. The second-order valence-electron chi connectivity index (χ2n) is 8.71. The van der Waals surface area contributed by atoms with Crippen molar-refractivity contribution < 1.29 is 14.4 Å². The van der Waals surface area contributed by atoms with Gasteiger partial charge in [0.2, 0.25) is 11.6 Å². The van der Waals surface area contributed by atoms with Gasteiger partial charge in [0, 0.05) is 11.5 Å². The fourth-order valence-electron chi connectivity index (χ4n) is 5.36. The molecular formula is C20H26O3. The lowest BCUT2D eigenvalue weighted by atomic mass is 9.46. The van der Waals surface area contributed by atoms with Crippen LogP contribution in [0.4, 0.5) is 0 Å². The fraction of sp³-hybridized carbons (Fsp3) is 0.650. The van der Waals surface area contributed by atoms with E-state index in [1.165, 1.54) is 0 Å². The number of Topliss-reactive ketones (excluding diaryl/α,β-unsaturated/α-hetero) is 2. The zero-order chi connectivity index (χ0) is 17.2. The van der Waals surface area contributed by atoms with Gasteiger partial charge in [-0.15, -0.1) is 0 Å². The standard InChI is InChI=1S/C20H26O3/c1-11(2)13-9-12-10-14(21)18-19(3,4)7-6-8-20(18,5)15(12)17(23)16(13)22/h9-11,15,18H,6-8H2,1-5H3/t15-,18+,20-/m1/s1. The molecule has 0 aromatic carbocycles. The van der Waals surface area contributed by atoms with Gasteiger partial charge in [-0.05, 0) is 41.2 Å². The summed E-state index contributed by atoms with van der Waals surface area (Å²) >= 11 is 0. The maximum absolute atomic E-state index is 12.9. The predicted octanol–water partition coefficient (Wildman–Crippen LogP) is 3.68. The van der Waals surface area contributed by atoms with Crippen molar-refractivity contribution in [2.45, 2.75) is 53.9 Å². The minimum Gasteiger partial charge on any atom is -0.294 e. The van der Waals surface area contributed by atoms with Crippen molar-refractivity contribution in [2.75, 3.05) is 0 Å². The molecule has 3 aliphatic carbocycles. The summed E-state index contributed by atoms with van der Waals surface area (Å²) in [6, 6.07) is 0. The van der Waals surface area contributed by atoms with Gasteiger partial charge in [-0.25, -0.2) is 0 Å². The highest BCUT2D eigenvalue weighted by molar-refractivity contribution is 6.46. The van der Waals surface area contributed by atoms with Gasteiger partial charge in [0.05, 0.1) is 5.92 Å². The molecule has 1 fully saturated rings. The Kier molecular flexibility index (Phi) is 3.55. The maximum atomic E-state index is 12.9. The van der Waals surface area contributed by atoms with E-state index >= 15 is 0 Å². The number of hydrogen-bond acceptors (Lipinski definition) is 3. The lowest BCUT2D eigenvalue weighted by molar-refractivity contribution is -0.148. The van der Waals surface area contributed by atoms with Gasteiger partial charge in [0.25, 0.3) is 0 Å². The topological polar surface area (TPSA) is 51.2 Å². The van der Waals surface area contributed by atoms with Crippen LogP contribution in [0.2, 0.25) is 0 Å². The fourth-order valence-corrected chi connectivity index (χ4v) is 5.36. The van der Waals surface area contributed by atoms with E-state index in [0.717, 1.165) is 24.8 Å². The summed E-state index contributed by atoms with van der Waals surface area (Å²) in [7, 11) is 0. The van der Waals surface area contributed by atoms with Crippen molar-refractivity contribution >= 4 is 17.3 Å². The Bertz CT molecular complexity index is 662. The smallest absolute Gasteiger partial charge is 0.225 e. The van der Waals surface area contributed by atoms with Crippen LogP contribution in [-0.2, 0) is 14.4 Å². The Balaban J connectivity index is 2.19. The number of fused-ring (bicyclic) bond motifs is 3. The second-order valence-corrected chi connectivity index (χ2v) is 8.71. The first-order valence-corrected chi connectivity index (χ1v) is 8.65. The molecule has 124 valence electrons. The van der Waals surface area contributed by atoms with Crippen LogP contribution in [0.15, 0.2) is 23.3 Å². The lowest BCUT2D eigenvalue weighted by Crippen LogP contribution is -2.56. The summed E-state index contributed by atoms with van der Waals surface area (Å²) in [6.45, 7) is 10.1. The number of allylic oxidation sites excluding steroid dienone is 4. The van der Waals surface area contributed by atoms with Crippen LogP contribution in [0.5, 0.6) is 0 Å². The van der Waals surface area contributed by atoms with E-state index in [2.05, 4.69) is 13.8 Å². The van der Waals surface area contributed by atoms with E-state index < -0.39 is 11.3 Å². The SMILES string of the molecule is CC(C)C1=CC2=CC(=O)[C@H]3C(C)(C)CCC[C@]3(C)[C@H]2C(=O)C1=O. The zero-order valence-corrected chi connectivity index (χ0v) is 14.7. The molecule has 0 bridgehead atoms. The quantitative estimate of drug-likeness (QED) is 0.694. The van der Waals surface area contributed by atoms with Crippen LogP contribution in [0.25, 0.3) is 0 Å². The molecule has 0 aromatic heterocycles. The van der Waals surface area contributed by atoms with E-state index in [0.29, 0.717) is 5.57 Å². The molecule has 0 amide bonds. The molecule has 0 radical (unpaired) electrons. The van der Waals surface area contributed by atoms with Gasteiger partial charge < -0.3 is 0 Å². The predicted molar refractivity (Wildman–Crippen MR) is 88.7 cm³/mol. The molecule has 0 saturated heterocycles. The third-order valence-electron chi connectivity index (χ3n) is 6.26. The van der Waals surface area contributed by atoms with E-state index in [1.54, 1.807) is 6.08 Å². The third kappa shape index (κ3) is 2.20. The largest absolute Gasteiger partial charge is 0.294 e. The van der Waals surface area contributed by atoms with Crippen LogP contribution >= 0.6 is 0 Å². The summed E-state index contributed by atoms with van der Waals surface area (Å²) in [5, 5.41) is 0. The summed E-state index contributed by atoms with van der Waals surface area (Å²) in [6.07, 6.45) is 6.29. The molecule has 0 unspecified atom stereocenters.